The SMILES string of the molecule is CN(C(=O)[C@H]1CC(c2ccccc2)=NO1)c1ccc(C(N)=O)cc1. The summed E-state index contributed by atoms with van der Waals surface area (Å²) in [5, 5.41) is 4.03. The lowest BCUT2D eigenvalue weighted by Gasteiger charge is -2.20. The fraction of sp³-hybridized carbons (Fsp3) is 0.167. The minimum absolute atomic E-state index is 0.198. The van der Waals surface area contributed by atoms with Gasteiger partial charge in [-0.3, -0.25) is 9.59 Å². The smallest absolute Gasteiger partial charge is 0.271 e. The maximum atomic E-state index is 12.6. The van der Waals surface area contributed by atoms with E-state index in [0.29, 0.717) is 17.7 Å². The molecule has 2 aromatic rings. The van der Waals surface area contributed by atoms with E-state index in [1.165, 1.54) is 4.90 Å². The number of primary amides is 1. The molecule has 0 radical (unpaired) electrons. The number of nitrogens with zero attached hydrogens (tertiary/aromatic N) is 2. The van der Waals surface area contributed by atoms with E-state index in [4.69, 9.17) is 10.6 Å². The van der Waals surface area contributed by atoms with Crippen LogP contribution in [0, 0.1) is 0 Å². The Labute approximate surface area is 139 Å². The Balaban J connectivity index is 1.68. The third kappa shape index (κ3) is 3.12. The maximum Gasteiger partial charge on any atom is 0.271 e. The van der Waals surface area contributed by atoms with E-state index in [-0.39, 0.29) is 5.91 Å². The lowest BCUT2D eigenvalue weighted by atomic mass is 10.0. The number of oxime groups is 1. The molecule has 3 rings (SSSR count). The number of hydrogen-bond acceptors (Lipinski definition) is 4. The summed E-state index contributed by atoms with van der Waals surface area (Å²) in [5.41, 5.74) is 7.97. The molecule has 0 aromatic heterocycles. The summed E-state index contributed by atoms with van der Waals surface area (Å²) in [6.45, 7) is 0. The van der Waals surface area contributed by atoms with E-state index in [2.05, 4.69) is 5.16 Å². The zero-order valence-electron chi connectivity index (χ0n) is 13.2. The molecule has 0 spiro atoms. The van der Waals surface area contributed by atoms with Gasteiger partial charge in [0.25, 0.3) is 5.91 Å². The predicted molar refractivity (Wildman–Crippen MR) is 90.8 cm³/mol. The highest BCUT2D eigenvalue weighted by Crippen LogP contribution is 2.21. The van der Waals surface area contributed by atoms with Gasteiger partial charge in [-0.05, 0) is 29.8 Å². The third-order valence-electron chi connectivity index (χ3n) is 3.92. The number of nitrogens with two attached hydrogens (primary N) is 1. The van der Waals surface area contributed by atoms with Crippen LogP contribution in [0.25, 0.3) is 0 Å². The molecule has 6 heteroatoms. The summed E-state index contributed by atoms with van der Waals surface area (Å²) in [4.78, 5) is 30.5. The fourth-order valence-corrected chi connectivity index (χ4v) is 2.50. The van der Waals surface area contributed by atoms with Crippen molar-refractivity contribution in [2.24, 2.45) is 10.9 Å². The summed E-state index contributed by atoms with van der Waals surface area (Å²) in [7, 11) is 1.66. The number of amides is 2. The molecular weight excluding hydrogens is 306 g/mol. The lowest BCUT2D eigenvalue weighted by Crippen LogP contribution is -2.36. The van der Waals surface area contributed by atoms with Gasteiger partial charge >= 0.3 is 0 Å². The number of rotatable bonds is 4. The average molecular weight is 323 g/mol. The minimum Gasteiger partial charge on any atom is -0.382 e. The normalized spacial score (nSPS) is 16.2. The Kier molecular flexibility index (Phi) is 4.29. The summed E-state index contributed by atoms with van der Waals surface area (Å²) < 4.78 is 0. The molecule has 6 nitrogen and oxygen atoms in total. The van der Waals surface area contributed by atoms with E-state index < -0.39 is 12.0 Å². The maximum absolute atomic E-state index is 12.6. The zero-order chi connectivity index (χ0) is 17.1. The minimum atomic E-state index is -0.652. The molecule has 0 saturated carbocycles. The standard InChI is InChI=1S/C18H17N3O3/c1-21(14-9-7-13(8-10-14)17(19)22)18(23)16-11-15(20-24-16)12-5-3-2-4-6-12/h2-10,16H,11H2,1H3,(H2,19,22)/t16-/m1/s1. The Bertz CT molecular complexity index is 785. The number of carbonyl (C=O) groups excluding carboxylic acids is 2. The molecule has 122 valence electrons. The fourth-order valence-electron chi connectivity index (χ4n) is 2.50. The van der Waals surface area contributed by atoms with Crippen LogP contribution >= 0.6 is 0 Å². The van der Waals surface area contributed by atoms with Crippen molar-refractivity contribution >= 4 is 23.2 Å². The molecule has 1 atom stereocenters. The molecule has 0 bridgehead atoms. The molecule has 0 fully saturated rings. The molecular formula is C18H17N3O3. The molecule has 2 N–H and O–H groups in total. The summed E-state index contributed by atoms with van der Waals surface area (Å²) in [6, 6.07) is 16.1. The zero-order valence-corrected chi connectivity index (χ0v) is 13.2. The molecule has 2 aromatic carbocycles. The van der Waals surface area contributed by atoms with Crippen LogP contribution in [-0.4, -0.2) is 30.7 Å². The molecule has 0 aliphatic carbocycles. The van der Waals surface area contributed by atoms with Gasteiger partial charge in [0.05, 0.1) is 5.71 Å². The molecule has 1 aliphatic rings. The predicted octanol–water partition coefficient (Wildman–Crippen LogP) is 1.94. The van der Waals surface area contributed by atoms with Gasteiger partial charge in [-0.25, -0.2) is 0 Å². The highest BCUT2D eigenvalue weighted by Gasteiger charge is 2.31. The van der Waals surface area contributed by atoms with Gasteiger partial charge in [-0.2, -0.15) is 0 Å². The van der Waals surface area contributed by atoms with E-state index in [1.54, 1.807) is 31.3 Å². The van der Waals surface area contributed by atoms with Crippen molar-refractivity contribution in [2.45, 2.75) is 12.5 Å². The second kappa shape index (κ2) is 6.54. The largest absolute Gasteiger partial charge is 0.382 e. The Morgan fingerprint density at radius 1 is 1.12 bits per heavy atom. The topological polar surface area (TPSA) is 85.0 Å². The molecule has 1 heterocycles. The van der Waals surface area contributed by atoms with Crippen LogP contribution in [0.1, 0.15) is 22.3 Å². The van der Waals surface area contributed by atoms with Crippen LogP contribution in [0.4, 0.5) is 5.69 Å². The number of benzene rings is 2. The van der Waals surface area contributed by atoms with Crippen molar-refractivity contribution in [3.63, 3.8) is 0 Å². The van der Waals surface area contributed by atoms with Crippen LogP contribution in [-0.2, 0) is 9.63 Å². The number of likely N-dealkylation sites (N-methyl/N-ethyl adjacent to an activating group) is 1. The average Bonchev–Trinajstić information content (AvgIpc) is 3.11. The van der Waals surface area contributed by atoms with Crippen LogP contribution in [0.2, 0.25) is 0 Å². The Hall–Kier alpha value is -3.15. The van der Waals surface area contributed by atoms with E-state index in [1.807, 2.05) is 30.3 Å². The van der Waals surface area contributed by atoms with Gasteiger partial charge in [-0.15, -0.1) is 0 Å². The van der Waals surface area contributed by atoms with Crippen molar-refractivity contribution in [3.8, 4) is 0 Å². The first-order valence-electron chi connectivity index (χ1n) is 7.52. The lowest BCUT2D eigenvalue weighted by molar-refractivity contribution is -0.128. The second-order valence-corrected chi connectivity index (χ2v) is 5.51. The summed E-state index contributed by atoms with van der Waals surface area (Å²) >= 11 is 0. The first-order valence-corrected chi connectivity index (χ1v) is 7.52. The van der Waals surface area contributed by atoms with Gasteiger partial charge in [0.15, 0.2) is 0 Å². The Morgan fingerprint density at radius 3 is 2.42 bits per heavy atom. The van der Waals surface area contributed by atoms with Crippen molar-refractivity contribution in [1.29, 1.82) is 0 Å². The van der Waals surface area contributed by atoms with E-state index in [0.717, 1.165) is 11.3 Å². The number of anilines is 1. The molecule has 0 unspecified atom stereocenters. The number of hydrogen-bond donors (Lipinski definition) is 1. The Morgan fingerprint density at radius 2 is 1.79 bits per heavy atom. The summed E-state index contributed by atoms with van der Waals surface area (Å²) in [6.07, 6.45) is -0.229. The van der Waals surface area contributed by atoms with Crippen molar-refractivity contribution in [2.75, 3.05) is 11.9 Å². The molecule has 0 saturated heterocycles. The highest BCUT2D eigenvalue weighted by molar-refractivity contribution is 6.06. The second-order valence-electron chi connectivity index (χ2n) is 5.51. The van der Waals surface area contributed by atoms with Gasteiger partial charge in [-0.1, -0.05) is 35.5 Å². The highest BCUT2D eigenvalue weighted by atomic mass is 16.6. The van der Waals surface area contributed by atoms with Gasteiger partial charge < -0.3 is 15.5 Å². The van der Waals surface area contributed by atoms with Crippen LogP contribution in [0.15, 0.2) is 59.8 Å². The summed E-state index contributed by atoms with van der Waals surface area (Å²) in [5.74, 6) is -0.702. The van der Waals surface area contributed by atoms with Gasteiger partial charge in [0.1, 0.15) is 0 Å². The van der Waals surface area contributed by atoms with Crippen LogP contribution in [0.3, 0.4) is 0 Å². The molecule has 2 amide bonds. The molecule has 1 aliphatic heterocycles. The molecule has 24 heavy (non-hydrogen) atoms. The van der Waals surface area contributed by atoms with Gasteiger partial charge in [0, 0.05) is 24.7 Å². The monoisotopic (exact) mass is 323 g/mol. The first-order chi connectivity index (χ1) is 11.6. The number of carbonyl (C=O) groups is 2. The first kappa shape index (κ1) is 15.7. The quantitative estimate of drug-likeness (QED) is 0.933. The van der Waals surface area contributed by atoms with E-state index in [9.17, 15) is 9.59 Å². The van der Waals surface area contributed by atoms with Crippen molar-refractivity contribution in [3.05, 3.63) is 65.7 Å². The van der Waals surface area contributed by atoms with E-state index >= 15 is 0 Å². The van der Waals surface area contributed by atoms with Crippen LogP contribution in [0.5, 0.6) is 0 Å². The van der Waals surface area contributed by atoms with Crippen LogP contribution < -0.4 is 10.6 Å². The van der Waals surface area contributed by atoms with Gasteiger partial charge in [0.2, 0.25) is 12.0 Å². The van der Waals surface area contributed by atoms with Crippen molar-refractivity contribution < 1.29 is 14.4 Å². The van der Waals surface area contributed by atoms with Crippen molar-refractivity contribution in [1.82, 2.24) is 0 Å². The third-order valence-corrected chi connectivity index (χ3v) is 3.92.